The van der Waals surface area contributed by atoms with Crippen molar-refractivity contribution in [1.29, 1.82) is 0 Å². The minimum Gasteiger partial charge on any atom is -0.454 e. The molecule has 1 aliphatic heterocycles. The summed E-state index contributed by atoms with van der Waals surface area (Å²) in [7, 11) is 0. The molecular weight excluding hydrogens is 236 g/mol. The summed E-state index contributed by atoms with van der Waals surface area (Å²) in [6.45, 7) is 3.69. The number of hydrogen-bond donors (Lipinski definition) is 1. The smallest absolute Gasteiger partial charge is 0.278 e. The first-order valence-corrected chi connectivity index (χ1v) is 5.58. The van der Waals surface area contributed by atoms with Crippen LogP contribution in [0.1, 0.15) is 24.4 Å². The van der Waals surface area contributed by atoms with Gasteiger partial charge in [-0.2, -0.15) is 0 Å². The lowest BCUT2D eigenvalue weighted by molar-refractivity contribution is -0.385. The van der Waals surface area contributed by atoms with Crippen molar-refractivity contribution in [3.05, 3.63) is 40.5 Å². The van der Waals surface area contributed by atoms with Crippen LogP contribution in [0.25, 0.3) is 0 Å². The van der Waals surface area contributed by atoms with E-state index in [0.717, 1.165) is 0 Å². The number of benzene rings is 1. The summed E-state index contributed by atoms with van der Waals surface area (Å²) in [6.07, 6.45) is 3.04. The molecule has 0 spiro atoms. The molecule has 0 radical (unpaired) electrons. The van der Waals surface area contributed by atoms with Crippen molar-refractivity contribution in [3.63, 3.8) is 0 Å². The van der Waals surface area contributed by atoms with E-state index in [1.165, 1.54) is 6.07 Å². The first-order valence-electron chi connectivity index (χ1n) is 5.58. The van der Waals surface area contributed by atoms with Crippen LogP contribution in [-0.2, 0) is 0 Å². The highest BCUT2D eigenvalue weighted by Gasteiger charge is 2.26. The Kier molecular flexibility index (Phi) is 3.47. The van der Waals surface area contributed by atoms with E-state index in [9.17, 15) is 10.1 Å². The Bertz CT molecular complexity index is 487. The predicted molar refractivity (Wildman–Crippen MR) is 65.6 cm³/mol. The fourth-order valence-corrected chi connectivity index (χ4v) is 1.85. The van der Waals surface area contributed by atoms with E-state index in [0.29, 0.717) is 29.9 Å². The molecule has 0 saturated heterocycles. The standard InChI is InChI=1S/C12H14N2O4/c1-2-3-4-9(13)8-5-11-12(18-7-17-11)6-10(8)14(15)16/h2,5-6,9H,1,3-4,7,13H2/t9-/m1/s1. The Labute approximate surface area is 104 Å². The topological polar surface area (TPSA) is 87.6 Å². The molecule has 1 aromatic rings. The van der Waals surface area contributed by atoms with E-state index >= 15 is 0 Å². The number of nitrogens with zero attached hydrogens (tertiary/aromatic N) is 1. The summed E-state index contributed by atoms with van der Waals surface area (Å²) in [5, 5.41) is 11.0. The van der Waals surface area contributed by atoms with Gasteiger partial charge in [0.2, 0.25) is 6.79 Å². The van der Waals surface area contributed by atoms with Crippen molar-refractivity contribution in [2.24, 2.45) is 5.73 Å². The first kappa shape index (κ1) is 12.4. The van der Waals surface area contributed by atoms with Crippen molar-refractivity contribution in [3.8, 4) is 11.5 Å². The lowest BCUT2D eigenvalue weighted by atomic mass is 10.0. The minimum absolute atomic E-state index is 0.0317. The summed E-state index contributed by atoms with van der Waals surface area (Å²) in [6, 6.07) is 2.54. The quantitative estimate of drug-likeness (QED) is 0.492. The molecule has 96 valence electrons. The monoisotopic (exact) mass is 250 g/mol. The fourth-order valence-electron chi connectivity index (χ4n) is 1.85. The van der Waals surface area contributed by atoms with Crippen LogP contribution in [-0.4, -0.2) is 11.7 Å². The van der Waals surface area contributed by atoms with E-state index in [-0.39, 0.29) is 12.5 Å². The summed E-state index contributed by atoms with van der Waals surface area (Å²) in [4.78, 5) is 10.6. The molecule has 0 saturated carbocycles. The molecule has 0 fully saturated rings. The zero-order valence-electron chi connectivity index (χ0n) is 9.80. The second-order valence-corrected chi connectivity index (χ2v) is 3.99. The lowest BCUT2D eigenvalue weighted by Crippen LogP contribution is -2.12. The van der Waals surface area contributed by atoms with Crippen LogP contribution < -0.4 is 15.2 Å². The molecule has 0 unspecified atom stereocenters. The number of nitro groups is 1. The van der Waals surface area contributed by atoms with E-state index in [1.54, 1.807) is 12.1 Å². The molecule has 1 heterocycles. The highest BCUT2D eigenvalue weighted by atomic mass is 16.7. The van der Waals surface area contributed by atoms with Gasteiger partial charge in [0.05, 0.1) is 16.6 Å². The van der Waals surface area contributed by atoms with E-state index in [1.807, 2.05) is 0 Å². The Morgan fingerprint density at radius 2 is 2.17 bits per heavy atom. The van der Waals surface area contributed by atoms with Gasteiger partial charge < -0.3 is 15.2 Å². The maximum atomic E-state index is 11.0. The Morgan fingerprint density at radius 3 is 2.78 bits per heavy atom. The number of nitrogens with two attached hydrogens (primary N) is 1. The van der Waals surface area contributed by atoms with Gasteiger partial charge in [0.1, 0.15) is 0 Å². The van der Waals surface area contributed by atoms with Gasteiger partial charge in [-0.05, 0) is 18.9 Å². The summed E-state index contributed by atoms with van der Waals surface area (Å²) >= 11 is 0. The molecule has 1 aromatic carbocycles. The molecule has 6 heteroatoms. The fraction of sp³-hybridized carbons (Fsp3) is 0.333. The van der Waals surface area contributed by atoms with Gasteiger partial charge in [0.25, 0.3) is 5.69 Å². The average Bonchev–Trinajstić information content (AvgIpc) is 2.81. The number of ether oxygens (including phenoxy) is 2. The zero-order valence-corrected chi connectivity index (χ0v) is 9.80. The van der Waals surface area contributed by atoms with E-state index < -0.39 is 11.0 Å². The molecule has 6 nitrogen and oxygen atoms in total. The second-order valence-electron chi connectivity index (χ2n) is 3.99. The van der Waals surface area contributed by atoms with Gasteiger partial charge in [-0.15, -0.1) is 6.58 Å². The normalized spacial score (nSPS) is 14.3. The maximum Gasteiger partial charge on any atom is 0.278 e. The number of allylic oxidation sites excluding steroid dienone is 1. The SMILES string of the molecule is C=CCC[C@@H](N)c1cc2c(cc1[N+](=O)[O-])OCO2. The molecule has 0 amide bonds. The van der Waals surface area contributed by atoms with E-state index in [4.69, 9.17) is 15.2 Å². The maximum absolute atomic E-state index is 11.0. The molecule has 18 heavy (non-hydrogen) atoms. The average molecular weight is 250 g/mol. The van der Waals surface area contributed by atoms with Gasteiger partial charge >= 0.3 is 0 Å². The van der Waals surface area contributed by atoms with Crippen LogP contribution in [0.15, 0.2) is 24.8 Å². The summed E-state index contributed by atoms with van der Waals surface area (Å²) < 4.78 is 10.3. The molecule has 1 atom stereocenters. The summed E-state index contributed by atoms with van der Waals surface area (Å²) in [5.74, 6) is 0.894. The number of fused-ring (bicyclic) bond motifs is 1. The van der Waals surface area contributed by atoms with Crippen molar-refractivity contribution in [2.75, 3.05) is 6.79 Å². The van der Waals surface area contributed by atoms with Crippen LogP contribution in [0.5, 0.6) is 11.5 Å². The molecule has 1 aliphatic rings. The van der Waals surface area contributed by atoms with Gasteiger partial charge in [0.15, 0.2) is 11.5 Å². The Morgan fingerprint density at radius 1 is 1.50 bits per heavy atom. The zero-order chi connectivity index (χ0) is 13.1. The van der Waals surface area contributed by atoms with Gasteiger partial charge in [-0.3, -0.25) is 10.1 Å². The van der Waals surface area contributed by atoms with Crippen LogP contribution in [0.4, 0.5) is 5.69 Å². The van der Waals surface area contributed by atoms with Crippen molar-refractivity contribution in [1.82, 2.24) is 0 Å². The van der Waals surface area contributed by atoms with Gasteiger partial charge in [0, 0.05) is 6.04 Å². The Balaban J connectivity index is 2.37. The van der Waals surface area contributed by atoms with Crippen LogP contribution >= 0.6 is 0 Å². The third-order valence-electron chi connectivity index (χ3n) is 2.80. The van der Waals surface area contributed by atoms with Crippen molar-refractivity contribution in [2.45, 2.75) is 18.9 Å². The van der Waals surface area contributed by atoms with Crippen LogP contribution in [0.3, 0.4) is 0 Å². The highest BCUT2D eigenvalue weighted by Crippen LogP contribution is 2.40. The van der Waals surface area contributed by atoms with E-state index in [2.05, 4.69) is 6.58 Å². The largest absolute Gasteiger partial charge is 0.454 e. The number of rotatable bonds is 5. The van der Waals surface area contributed by atoms with Gasteiger partial charge in [-0.25, -0.2) is 0 Å². The van der Waals surface area contributed by atoms with Gasteiger partial charge in [-0.1, -0.05) is 6.08 Å². The van der Waals surface area contributed by atoms with Crippen LogP contribution in [0.2, 0.25) is 0 Å². The Hall–Kier alpha value is -2.08. The van der Waals surface area contributed by atoms with Crippen molar-refractivity contribution < 1.29 is 14.4 Å². The molecule has 0 aliphatic carbocycles. The molecule has 0 bridgehead atoms. The number of nitro benzene ring substituents is 1. The molecule has 0 aromatic heterocycles. The second kappa shape index (κ2) is 5.05. The highest BCUT2D eigenvalue weighted by molar-refractivity contribution is 5.56. The first-order chi connectivity index (χ1) is 8.63. The lowest BCUT2D eigenvalue weighted by Gasteiger charge is -2.11. The van der Waals surface area contributed by atoms with Crippen LogP contribution in [0, 0.1) is 10.1 Å². The molecule has 2 N–H and O–H groups in total. The third-order valence-corrected chi connectivity index (χ3v) is 2.80. The summed E-state index contributed by atoms with van der Waals surface area (Å²) in [5.41, 5.74) is 6.40. The molecular formula is C12H14N2O4. The minimum atomic E-state index is -0.453. The number of hydrogen-bond acceptors (Lipinski definition) is 5. The third kappa shape index (κ3) is 2.28. The molecule has 2 rings (SSSR count). The van der Waals surface area contributed by atoms with Crippen molar-refractivity contribution >= 4 is 5.69 Å². The predicted octanol–water partition coefficient (Wildman–Crippen LogP) is 2.29.